The standard InChI is InChI=1S/C12H18N2O3S.C11H17N3O3S.CH4.I3.3H3N/c1-5-12(15)14(4)10-6-8-11(9-7-10)18(16,17)13(2)3;1-13(2)18(16,17)10-6-4-9(5-7-10)14(3)11(15)8-12;;1-3-2;;;/h6-9H,5H2,1-4H3;4-7H,8,12H2,1-3H3;1H4;;3*1H3/q;;;-1;;;/i/hT2. The van der Waals surface area contributed by atoms with E-state index in [1.807, 2.05) is 0 Å². The largest absolute Gasteiger partial charge is 0.344 e. The molecule has 0 saturated carbocycles. The second kappa shape index (κ2) is 24.5. The third-order valence-corrected chi connectivity index (χ3v) is 8.89. The average Bonchev–Trinajstić information content (AvgIpc) is 3.02. The topological polar surface area (TPSA) is 246 Å². The summed E-state index contributed by atoms with van der Waals surface area (Å²) in [4.78, 5) is 26.2. The predicted molar refractivity (Wildman–Crippen MR) is 191 cm³/mol. The summed E-state index contributed by atoms with van der Waals surface area (Å²) in [6.45, 7) is 1.69. The van der Waals surface area contributed by atoms with Gasteiger partial charge in [0.15, 0.2) is 0 Å². The molecular formula is C24H48I3N8O6S2-. The van der Waals surface area contributed by atoms with Gasteiger partial charge in [-0.3, -0.25) is 9.59 Å². The predicted octanol–water partition coefficient (Wildman–Crippen LogP) is 1.07. The van der Waals surface area contributed by atoms with Gasteiger partial charge in [0.25, 0.3) is 0 Å². The van der Waals surface area contributed by atoms with Gasteiger partial charge < -0.3 is 34.0 Å². The van der Waals surface area contributed by atoms with Crippen LogP contribution in [0.1, 0.15) is 20.8 Å². The van der Waals surface area contributed by atoms with Crippen molar-refractivity contribution < 1.29 is 42.5 Å². The Kier molecular flexibility index (Phi) is 26.5. The van der Waals surface area contributed by atoms with Crippen molar-refractivity contribution in [2.75, 3.05) is 58.6 Å². The molecule has 2 aromatic carbocycles. The number of carbonyl (C=O) groups is 2. The maximum Gasteiger partial charge on any atom is 0.115 e. The number of amides is 2. The Labute approximate surface area is 290 Å². The van der Waals surface area contributed by atoms with E-state index < -0.39 is 20.0 Å². The fourth-order valence-corrected chi connectivity index (χ4v) is 4.57. The van der Waals surface area contributed by atoms with E-state index in [9.17, 15) is 26.4 Å². The van der Waals surface area contributed by atoms with Gasteiger partial charge >= 0.3 is 50.5 Å². The minimum atomic E-state index is -3.44. The van der Waals surface area contributed by atoms with Crippen molar-refractivity contribution in [1.82, 2.24) is 27.0 Å². The van der Waals surface area contributed by atoms with Crippen molar-refractivity contribution >= 4 is 80.5 Å². The molecule has 0 aliphatic rings. The maximum absolute atomic E-state index is 11.8. The second-order valence-corrected chi connectivity index (χ2v) is 28.6. The number of hydrogen-bond donors (Lipinski definition) is 4. The fourth-order valence-electron chi connectivity index (χ4n) is 2.77. The van der Waals surface area contributed by atoms with E-state index in [4.69, 9.17) is 8.56 Å². The summed E-state index contributed by atoms with van der Waals surface area (Å²) in [5, 5.41) is 0. The normalized spacial score (nSPS) is 10.6. The Morgan fingerprint density at radius 2 is 0.977 bits per heavy atom. The van der Waals surface area contributed by atoms with Crippen molar-refractivity contribution in [2.45, 2.75) is 30.6 Å². The minimum absolute atomic E-state index is 0. The molecule has 11 N–H and O–H groups in total. The smallest absolute Gasteiger partial charge is 0.115 e. The molecule has 0 atom stereocenters. The molecule has 0 fully saturated rings. The van der Waals surface area contributed by atoms with Crippen LogP contribution in [0, 0.1) is 0 Å². The van der Waals surface area contributed by atoms with Gasteiger partial charge in [0.2, 0.25) is 31.9 Å². The molecule has 19 heteroatoms. The zero-order valence-corrected chi connectivity index (χ0v) is 32.8. The first kappa shape index (κ1) is 46.6. The molecule has 0 bridgehead atoms. The first-order valence-corrected chi connectivity index (χ1v) is 26.6. The van der Waals surface area contributed by atoms with Crippen LogP contribution in [0.3, 0.4) is 0 Å². The van der Waals surface area contributed by atoms with Gasteiger partial charge in [-0.25, -0.2) is 25.4 Å². The molecule has 2 aromatic rings. The van der Waals surface area contributed by atoms with Gasteiger partial charge in [0.1, 0.15) is 2.82 Å². The summed E-state index contributed by atoms with van der Waals surface area (Å²) in [5.74, 6) is -0.253. The fraction of sp³-hybridized carbons (Fsp3) is 0.417. The summed E-state index contributed by atoms with van der Waals surface area (Å²) in [5.41, 5.74) is 6.54. The summed E-state index contributed by atoms with van der Waals surface area (Å²) < 4.78 is 60.1. The van der Waals surface area contributed by atoms with Gasteiger partial charge in [-0.05, 0) is 48.5 Å². The minimum Gasteiger partial charge on any atom is -0.344 e. The molecule has 14 nitrogen and oxygen atoms in total. The van der Waals surface area contributed by atoms with E-state index in [0.717, 1.165) is 8.61 Å². The Bertz CT molecular complexity index is 1200. The number of benzene rings is 2. The molecule has 254 valence electrons. The van der Waals surface area contributed by atoms with Crippen molar-refractivity contribution in [3.8, 4) is 0 Å². The van der Waals surface area contributed by atoms with Crippen LogP contribution in [0.2, 0.25) is 2.82 Å². The van der Waals surface area contributed by atoms with E-state index in [2.05, 4.69) is 49.5 Å². The van der Waals surface area contributed by atoms with Crippen molar-refractivity contribution in [1.29, 1.82) is 0 Å². The molecule has 0 heterocycles. The molecule has 0 unspecified atom stereocenters. The quantitative estimate of drug-likeness (QED) is 0.274. The Balaban J connectivity index is -0.000000190. The Morgan fingerprint density at radius 3 is 1.19 bits per heavy atom. The first-order chi connectivity index (χ1) is 20.0. The van der Waals surface area contributed by atoms with E-state index in [1.165, 1.54) is 62.3 Å². The van der Waals surface area contributed by atoms with Crippen LogP contribution in [0.5, 0.6) is 0 Å². The van der Waals surface area contributed by atoms with Crippen LogP contribution < -0.4 is 47.2 Å². The molecular weight excluding hydrogens is 941 g/mol. The molecule has 0 saturated heterocycles. The summed E-state index contributed by atoms with van der Waals surface area (Å²) in [7, 11) is 2.30. The number of hydrogen-bond acceptors (Lipinski definition) is 10. The van der Waals surface area contributed by atoms with Crippen LogP contribution in [0.25, 0.3) is 0 Å². The third-order valence-electron chi connectivity index (χ3n) is 5.23. The van der Waals surface area contributed by atoms with Crippen molar-refractivity contribution in [3.05, 3.63) is 48.5 Å². The average molecular weight is 994 g/mol. The number of carbonyl (C=O) groups excluding carboxylic acids is 2. The van der Waals surface area contributed by atoms with E-state index >= 15 is 0 Å². The van der Waals surface area contributed by atoms with E-state index in [1.54, 1.807) is 45.3 Å². The Morgan fingerprint density at radius 1 is 0.721 bits per heavy atom. The van der Waals surface area contributed by atoms with Crippen LogP contribution in [-0.4, -0.2) is 86.1 Å². The number of nitrogens with two attached hydrogens (primary N) is 1. The summed E-state index contributed by atoms with van der Waals surface area (Å²) in [6, 6.07) is 12.3. The molecule has 2 amide bonds. The summed E-state index contributed by atoms with van der Waals surface area (Å²) >= 11 is 5.30. The molecule has 0 aliphatic carbocycles. The van der Waals surface area contributed by atoms with E-state index in [-0.39, 0.29) is 41.7 Å². The van der Waals surface area contributed by atoms with Crippen LogP contribution in [0.15, 0.2) is 58.3 Å². The first-order valence-electron chi connectivity index (χ1n) is 12.3. The zero-order chi connectivity index (χ0) is 34.6. The van der Waals surface area contributed by atoms with Gasteiger partial charge in [0.05, 0.1) is 16.3 Å². The van der Waals surface area contributed by atoms with E-state index in [0.29, 0.717) is 31.1 Å². The number of sulfonamides is 2. The maximum atomic E-state index is 11.8. The molecule has 0 aliphatic heterocycles. The molecule has 0 radical (unpaired) electrons. The van der Waals surface area contributed by atoms with Gasteiger partial charge in [-0.2, -0.15) is 0 Å². The Hall–Kier alpha value is -0.770. The number of halogens is 3. The van der Waals surface area contributed by atoms with Gasteiger partial charge in [-0.1, -0.05) is 14.4 Å². The number of rotatable bonds is 8. The molecule has 0 spiro atoms. The summed E-state index contributed by atoms with van der Waals surface area (Å²) in [6.07, 6.45) is 7.91. The third kappa shape index (κ3) is 15.9. The zero-order valence-electron chi connectivity index (χ0n) is 26.7. The van der Waals surface area contributed by atoms with Gasteiger partial charge in [-0.15, -0.1) is 0 Å². The number of likely N-dealkylation sites (N-methyl/N-ethyl adjacent to an activating group) is 1. The van der Waals surface area contributed by atoms with Crippen molar-refractivity contribution in [2.24, 2.45) is 5.73 Å². The second-order valence-electron chi connectivity index (χ2n) is 8.08. The number of anilines is 2. The van der Waals surface area contributed by atoms with Gasteiger partial charge in [0, 0.05) is 60.1 Å². The van der Waals surface area contributed by atoms with Crippen LogP contribution in [-0.2, 0) is 29.6 Å². The monoisotopic (exact) mass is 993 g/mol. The number of nitrogens with zero attached hydrogens (tertiary/aromatic N) is 4. The molecule has 43 heavy (non-hydrogen) atoms. The molecule has 0 aromatic heterocycles. The van der Waals surface area contributed by atoms with Crippen LogP contribution in [0.4, 0.5) is 11.4 Å². The van der Waals surface area contributed by atoms with Crippen LogP contribution >= 0.6 is 37.2 Å². The van der Waals surface area contributed by atoms with Crippen molar-refractivity contribution in [3.63, 3.8) is 0 Å². The molecule has 2 rings (SSSR count). The SMILES string of the molecule is C.CCC(=O)N(C)c1ccc(S(=O)(=O)N(C)C)cc1.CN(C(=O)CN)c1ccc(S(=O)(=O)N(C)C)cc1.I[I-]I.N.[3H]N.[3H]N.